The van der Waals surface area contributed by atoms with E-state index in [1.54, 1.807) is 6.07 Å². The van der Waals surface area contributed by atoms with Crippen LogP contribution in [0.1, 0.15) is 34.5 Å². The summed E-state index contributed by atoms with van der Waals surface area (Å²) in [5.41, 5.74) is 0.113. The van der Waals surface area contributed by atoms with Crippen molar-refractivity contribution in [3.8, 4) is 17.6 Å². The number of rotatable bonds is 4. The van der Waals surface area contributed by atoms with Gasteiger partial charge in [-0.3, -0.25) is 4.79 Å². The predicted octanol–water partition coefficient (Wildman–Crippen LogP) is 4.29. The molecule has 3 atom stereocenters. The molecule has 1 aliphatic carbocycles. The van der Waals surface area contributed by atoms with Gasteiger partial charge < -0.3 is 9.47 Å². The van der Waals surface area contributed by atoms with Crippen molar-refractivity contribution in [2.45, 2.75) is 28.9 Å². The smallest absolute Gasteiger partial charge is 0.303 e. The van der Waals surface area contributed by atoms with E-state index in [0.717, 1.165) is 25.3 Å². The van der Waals surface area contributed by atoms with Crippen LogP contribution in [0.5, 0.6) is 11.5 Å². The third-order valence-electron chi connectivity index (χ3n) is 4.26. The largest absolute Gasteiger partial charge is 0.457 e. The van der Waals surface area contributed by atoms with Gasteiger partial charge in [-0.05, 0) is 24.3 Å². The van der Waals surface area contributed by atoms with Gasteiger partial charge in [0.05, 0.1) is 21.4 Å². The average Bonchev–Trinajstić information content (AvgIpc) is 2.85. The second-order valence-electron chi connectivity index (χ2n) is 6.43. The van der Waals surface area contributed by atoms with Crippen LogP contribution in [0.15, 0.2) is 35.2 Å². The Morgan fingerprint density at radius 2 is 1.93 bits per heavy atom. The fraction of sp³-hybridized carbons (Fsp3) is 0.263. The summed E-state index contributed by atoms with van der Waals surface area (Å²) in [5, 5.41) is 8.98. The summed E-state index contributed by atoms with van der Waals surface area (Å²) in [4.78, 5) is 10.2. The predicted molar refractivity (Wildman–Crippen MR) is 102 cm³/mol. The molecule has 0 amide bonds. The highest BCUT2D eigenvalue weighted by Crippen LogP contribution is 2.54. The number of ether oxygens (including phenoxy) is 2. The van der Waals surface area contributed by atoms with E-state index in [-0.39, 0.29) is 33.1 Å². The number of esters is 1. The topological polar surface area (TPSA) is 93.5 Å². The third-order valence-corrected chi connectivity index (χ3v) is 6.37. The Morgan fingerprint density at radius 3 is 2.52 bits per heavy atom. The first kappa shape index (κ1) is 21.2. The molecule has 0 saturated heterocycles. The Morgan fingerprint density at radius 1 is 1.24 bits per heavy atom. The molecule has 152 valence electrons. The van der Waals surface area contributed by atoms with Crippen LogP contribution < -0.4 is 4.74 Å². The van der Waals surface area contributed by atoms with Crippen molar-refractivity contribution in [1.82, 2.24) is 0 Å². The van der Waals surface area contributed by atoms with Gasteiger partial charge in [-0.25, -0.2) is 17.2 Å². The standard InChI is InChI=1S/C19H14BrF2NO5S/c1-9(24)27-19-16-14(29(2,25)26)4-3-13(15(16)17(20)18(19)22)28-12-6-10(8-23)5-11(21)7-12/h3-7,17-19H,1-2H3/t17-,18-,19+/m1/s1. The van der Waals surface area contributed by atoms with Crippen LogP contribution in [-0.4, -0.2) is 26.8 Å². The molecule has 2 aromatic carbocycles. The van der Waals surface area contributed by atoms with Gasteiger partial charge >= 0.3 is 5.97 Å². The lowest BCUT2D eigenvalue weighted by Crippen LogP contribution is -2.17. The second-order valence-corrected chi connectivity index (χ2v) is 9.40. The van der Waals surface area contributed by atoms with Crippen LogP contribution in [0.4, 0.5) is 8.78 Å². The SMILES string of the molecule is CC(=O)O[C@H]1c2c(S(C)(=O)=O)ccc(Oc3cc(F)cc(C#N)c3)c2[C@@H](Br)[C@H]1F. The highest BCUT2D eigenvalue weighted by molar-refractivity contribution is 9.09. The molecular weight excluding hydrogens is 472 g/mol. The zero-order valence-corrected chi connectivity index (χ0v) is 17.6. The normalized spacial score (nSPS) is 20.6. The highest BCUT2D eigenvalue weighted by atomic mass is 79.9. The van der Waals surface area contributed by atoms with Crippen LogP contribution in [0.3, 0.4) is 0 Å². The molecule has 0 fully saturated rings. The lowest BCUT2D eigenvalue weighted by atomic mass is 10.1. The molecule has 29 heavy (non-hydrogen) atoms. The first-order valence-corrected chi connectivity index (χ1v) is 11.0. The van der Waals surface area contributed by atoms with Crippen LogP contribution in [0.25, 0.3) is 0 Å². The molecule has 0 bridgehead atoms. The first-order chi connectivity index (χ1) is 13.5. The number of hydrogen-bond donors (Lipinski definition) is 0. The molecule has 0 aromatic heterocycles. The van der Waals surface area contributed by atoms with E-state index in [1.807, 2.05) is 0 Å². The van der Waals surface area contributed by atoms with E-state index in [4.69, 9.17) is 14.7 Å². The van der Waals surface area contributed by atoms with Crippen molar-refractivity contribution >= 4 is 31.7 Å². The van der Waals surface area contributed by atoms with Gasteiger partial charge in [-0.1, -0.05) is 15.9 Å². The number of nitriles is 1. The summed E-state index contributed by atoms with van der Waals surface area (Å²) >= 11 is 3.17. The zero-order valence-electron chi connectivity index (χ0n) is 15.1. The van der Waals surface area contributed by atoms with Crippen molar-refractivity contribution in [3.05, 3.63) is 52.8 Å². The molecule has 0 N–H and O–H groups in total. The minimum Gasteiger partial charge on any atom is -0.457 e. The molecule has 10 heteroatoms. The highest BCUT2D eigenvalue weighted by Gasteiger charge is 2.47. The van der Waals surface area contributed by atoms with E-state index in [0.29, 0.717) is 0 Å². The summed E-state index contributed by atoms with van der Waals surface area (Å²) in [6.45, 7) is 1.09. The number of hydrogen-bond acceptors (Lipinski definition) is 6. The Hall–Kier alpha value is -2.51. The van der Waals surface area contributed by atoms with E-state index in [9.17, 15) is 22.0 Å². The average molecular weight is 486 g/mol. The van der Waals surface area contributed by atoms with E-state index >= 15 is 0 Å². The molecular formula is C19H14BrF2NO5S. The summed E-state index contributed by atoms with van der Waals surface area (Å²) < 4.78 is 63.8. The van der Waals surface area contributed by atoms with Crippen LogP contribution >= 0.6 is 15.9 Å². The first-order valence-electron chi connectivity index (χ1n) is 8.23. The van der Waals surface area contributed by atoms with Crippen molar-refractivity contribution in [2.24, 2.45) is 0 Å². The molecule has 6 nitrogen and oxygen atoms in total. The number of sulfone groups is 1. The molecule has 3 rings (SSSR count). The monoisotopic (exact) mass is 485 g/mol. The maximum absolute atomic E-state index is 14.9. The van der Waals surface area contributed by atoms with Gasteiger partial charge in [-0.2, -0.15) is 5.26 Å². The minimum atomic E-state index is -3.79. The lowest BCUT2D eigenvalue weighted by Gasteiger charge is -2.18. The molecule has 0 unspecified atom stereocenters. The zero-order chi connectivity index (χ0) is 21.5. The van der Waals surface area contributed by atoms with E-state index in [1.165, 1.54) is 18.2 Å². The number of benzene rings is 2. The Balaban J connectivity index is 2.20. The molecule has 0 aliphatic heterocycles. The number of nitrogens with zero attached hydrogens (tertiary/aromatic N) is 1. The fourth-order valence-corrected chi connectivity index (χ4v) is 4.86. The number of alkyl halides is 2. The second kappa shape index (κ2) is 7.72. The Labute approximate surface area is 174 Å². The van der Waals surface area contributed by atoms with Gasteiger partial charge in [-0.15, -0.1) is 0 Å². The lowest BCUT2D eigenvalue weighted by molar-refractivity contribution is -0.149. The summed E-state index contributed by atoms with van der Waals surface area (Å²) in [5.74, 6) is -1.47. The number of fused-ring (bicyclic) bond motifs is 1. The van der Waals surface area contributed by atoms with Crippen LogP contribution in [0, 0.1) is 17.1 Å². The Kier molecular flexibility index (Phi) is 5.65. The molecule has 0 heterocycles. The van der Waals surface area contributed by atoms with Gasteiger partial charge in [0.1, 0.15) is 17.3 Å². The number of carbonyl (C=O) groups is 1. The van der Waals surface area contributed by atoms with E-state index in [2.05, 4.69) is 15.9 Å². The fourth-order valence-electron chi connectivity index (χ4n) is 3.17. The third kappa shape index (κ3) is 4.11. The van der Waals surface area contributed by atoms with Crippen molar-refractivity contribution in [3.63, 3.8) is 0 Å². The maximum Gasteiger partial charge on any atom is 0.303 e. The number of carbonyl (C=O) groups excluding carboxylic acids is 1. The van der Waals surface area contributed by atoms with Crippen molar-refractivity contribution in [1.29, 1.82) is 5.26 Å². The van der Waals surface area contributed by atoms with Crippen LogP contribution in [-0.2, 0) is 19.4 Å². The van der Waals surface area contributed by atoms with Gasteiger partial charge in [0, 0.05) is 30.4 Å². The van der Waals surface area contributed by atoms with Crippen molar-refractivity contribution in [2.75, 3.05) is 6.26 Å². The maximum atomic E-state index is 14.9. The Bertz CT molecular complexity index is 1150. The van der Waals surface area contributed by atoms with Gasteiger partial charge in [0.2, 0.25) is 0 Å². The van der Waals surface area contributed by atoms with Gasteiger partial charge in [0.25, 0.3) is 0 Å². The minimum absolute atomic E-state index is 0.0148. The number of halogens is 3. The molecule has 0 saturated carbocycles. The van der Waals surface area contributed by atoms with Crippen LogP contribution in [0.2, 0.25) is 0 Å². The van der Waals surface area contributed by atoms with Gasteiger partial charge in [0.15, 0.2) is 22.1 Å². The summed E-state index contributed by atoms with van der Waals surface area (Å²) in [6, 6.07) is 7.65. The quantitative estimate of drug-likeness (QED) is 0.473. The molecule has 0 spiro atoms. The molecule has 2 aromatic rings. The summed E-state index contributed by atoms with van der Waals surface area (Å²) in [6.07, 6.45) is -2.28. The van der Waals surface area contributed by atoms with E-state index < -0.39 is 38.7 Å². The van der Waals surface area contributed by atoms with Crippen molar-refractivity contribution < 1.29 is 31.5 Å². The summed E-state index contributed by atoms with van der Waals surface area (Å²) in [7, 11) is -3.79. The molecule has 1 aliphatic rings. The molecule has 0 radical (unpaired) electrons.